The number of amides is 1. The van der Waals surface area contributed by atoms with E-state index in [4.69, 9.17) is 0 Å². The van der Waals surface area contributed by atoms with Gasteiger partial charge in [0.05, 0.1) is 11.8 Å². The Labute approximate surface area is 113 Å². The van der Waals surface area contributed by atoms with Crippen molar-refractivity contribution in [1.29, 1.82) is 0 Å². The van der Waals surface area contributed by atoms with Gasteiger partial charge in [-0.2, -0.15) is 0 Å². The Kier molecular flexibility index (Phi) is 3.11. The lowest BCUT2D eigenvalue weighted by molar-refractivity contribution is -0.148. The van der Waals surface area contributed by atoms with E-state index in [9.17, 15) is 14.7 Å². The van der Waals surface area contributed by atoms with Crippen LogP contribution in [-0.4, -0.2) is 23.0 Å². The van der Waals surface area contributed by atoms with Gasteiger partial charge in [-0.15, -0.1) is 0 Å². The lowest BCUT2D eigenvalue weighted by atomic mass is 9.82. The number of hydrogen-bond acceptors (Lipinski definition) is 2. The molecule has 3 rings (SSSR count). The zero-order chi connectivity index (χ0) is 13.6. The molecule has 19 heavy (non-hydrogen) atoms. The number of carboxylic acids is 1. The van der Waals surface area contributed by atoms with Gasteiger partial charge in [0.2, 0.25) is 5.91 Å². The van der Waals surface area contributed by atoms with Gasteiger partial charge in [-0.25, -0.2) is 0 Å². The van der Waals surface area contributed by atoms with Crippen LogP contribution in [0.2, 0.25) is 0 Å². The maximum Gasteiger partial charge on any atom is 0.307 e. The van der Waals surface area contributed by atoms with Gasteiger partial charge in [0.25, 0.3) is 0 Å². The molecule has 3 unspecified atom stereocenters. The van der Waals surface area contributed by atoms with E-state index in [0.717, 1.165) is 18.8 Å². The molecule has 2 N–H and O–H groups in total. The van der Waals surface area contributed by atoms with Crippen LogP contribution >= 0.6 is 0 Å². The molecule has 3 aliphatic rings. The van der Waals surface area contributed by atoms with Crippen LogP contribution in [-0.2, 0) is 9.59 Å². The molecule has 2 bridgehead atoms. The Hall–Kier alpha value is -1.32. The lowest BCUT2D eigenvalue weighted by Gasteiger charge is -2.25. The minimum absolute atomic E-state index is 0.0528. The van der Waals surface area contributed by atoms with Gasteiger partial charge in [0.15, 0.2) is 0 Å². The SMILES string of the molecule is CC(CC1CC1)NC(=O)[C@H]1C2C=CC(C2)[C@H]1C(=O)O. The van der Waals surface area contributed by atoms with Crippen LogP contribution in [0.25, 0.3) is 0 Å². The third-order valence-electron chi connectivity index (χ3n) is 4.82. The molecule has 104 valence electrons. The van der Waals surface area contributed by atoms with Crippen molar-refractivity contribution in [2.24, 2.45) is 29.6 Å². The monoisotopic (exact) mass is 263 g/mol. The highest BCUT2D eigenvalue weighted by Gasteiger charge is 2.51. The summed E-state index contributed by atoms with van der Waals surface area (Å²) in [5.74, 6) is -0.830. The molecule has 0 aromatic rings. The molecule has 0 aliphatic heterocycles. The molecule has 0 aromatic heterocycles. The lowest BCUT2D eigenvalue weighted by Crippen LogP contribution is -2.43. The van der Waals surface area contributed by atoms with E-state index in [-0.39, 0.29) is 29.7 Å². The molecule has 0 radical (unpaired) electrons. The first-order valence-electron chi connectivity index (χ1n) is 7.27. The number of carboxylic acid groups (broad SMARTS) is 1. The van der Waals surface area contributed by atoms with E-state index in [1.165, 1.54) is 12.8 Å². The fourth-order valence-corrected chi connectivity index (χ4v) is 3.77. The quantitative estimate of drug-likeness (QED) is 0.743. The largest absolute Gasteiger partial charge is 0.481 e. The summed E-state index contributed by atoms with van der Waals surface area (Å²) in [6.07, 6.45) is 8.40. The van der Waals surface area contributed by atoms with Crippen molar-refractivity contribution in [3.8, 4) is 0 Å². The molecule has 0 spiro atoms. The van der Waals surface area contributed by atoms with Crippen LogP contribution < -0.4 is 5.32 Å². The van der Waals surface area contributed by atoms with E-state index in [1.807, 2.05) is 19.1 Å². The standard InChI is InChI=1S/C15H21NO3/c1-8(6-9-2-3-9)16-14(17)12-10-4-5-11(7-10)13(12)15(18)19/h4-5,8-13H,2-3,6-7H2,1H3,(H,16,17)(H,18,19)/t8?,10?,11?,12-,13+/m0/s1. The summed E-state index contributed by atoms with van der Waals surface area (Å²) in [7, 11) is 0. The van der Waals surface area contributed by atoms with Crippen LogP contribution in [0.1, 0.15) is 32.6 Å². The van der Waals surface area contributed by atoms with Gasteiger partial charge >= 0.3 is 5.97 Å². The molecule has 0 aromatic carbocycles. The summed E-state index contributed by atoms with van der Waals surface area (Å²) in [6.45, 7) is 2.02. The predicted molar refractivity (Wildman–Crippen MR) is 70.3 cm³/mol. The zero-order valence-corrected chi connectivity index (χ0v) is 11.2. The predicted octanol–water partition coefficient (Wildman–Crippen LogP) is 1.81. The van der Waals surface area contributed by atoms with Crippen molar-refractivity contribution in [2.75, 3.05) is 0 Å². The van der Waals surface area contributed by atoms with E-state index < -0.39 is 11.9 Å². The van der Waals surface area contributed by atoms with Crippen LogP contribution in [0, 0.1) is 29.6 Å². The Morgan fingerprint density at radius 3 is 2.47 bits per heavy atom. The van der Waals surface area contributed by atoms with Gasteiger partial charge in [0, 0.05) is 6.04 Å². The molecule has 2 fully saturated rings. The fourth-order valence-electron chi connectivity index (χ4n) is 3.77. The second kappa shape index (κ2) is 4.66. The average molecular weight is 263 g/mol. The molecule has 3 aliphatic carbocycles. The maximum atomic E-state index is 12.4. The number of hydrogen-bond donors (Lipinski definition) is 2. The smallest absolute Gasteiger partial charge is 0.307 e. The molecular formula is C15H21NO3. The van der Waals surface area contributed by atoms with Crippen LogP contribution in [0.3, 0.4) is 0 Å². The van der Waals surface area contributed by atoms with Gasteiger partial charge in [0.1, 0.15) is 0 Å². The number of rotatable bonds is 5. The highest BCUT2D eigenvalue weighted by molar-refractivity contribution is 5.87. The molecule has 0 heterocycles. The Morgan fingerprint density at radius 2 is 1.89 bits per heavy atom. The van der Waals surface area contributed by atoms with Crippen molar-refractivity contribution in [1.82, 2.24) is 5.32 Å². The molecule has 4 nitrogen and oxygen atoms in total. The summed E-state index contributed by atoms with van der Waals surface area (Å²) in [5.41, 5.74) is 0. The first-order chi connectivity index (χ1) is 9.06. The summed E-state index contributed by atoms with van der Waals surface area (Å²) < 4.78 is 0. The van der Waals surface area contributed by atoms with E-state index in [2.05, 4.69) is 5.32 Å². The summed E-state index contributed by atoms with van der Waals surface area (Å²) in [5, 5.41) is 12.4. The number of carbonyl (C=O) groups is 2. The number of fused-ring (bicyclic) bond motifs is 2. The summed E-state index contributed by atoms with van der Waals surface area (Å²) in [4.78, 5) is 23.7. The highest BCUT2D eigenvalue weighted by Crippen LogP contribution is 2.48. The van der Waals surface area contributed by atoms with Crippen molar-refractivity contribution in [3.05, 3.63) is 12.2 Å². The number of carbonyl (C=O) groups excluding carboxylic acids is 1. The highest BCUT2D eigenvalue weighted by atomic mass is 16.4. The molecule has 1 amide bonds. The molecular weight excluding hydrogens is 242 g/mol. The topological polar surface area (TPSA) is 66.4 Å². The Morgan fingerprint density at radius 1 is 1.26 bits per heavy atom. The van der Waals surface area contributed by atoms with Crippen LogP contribution in [0.4, 0.5) is 0 Å². The third kappa shape index (κ3) is 2.40. The molecule has 0 saturated heterocycles. The van der Waals surface area contributed by atoms with Crippen molar-refractivity contribution < 1.29 is 14.7 Å². The first kappa shape index (κ1) is 12.7. The minimum atomic E-state index is -0.827. The summed E-state index contributed by atoms with van der Waals surface area (Å²) in [6, 6.07) is 0.164. The second-order valence-electron chi connectivity index (χ2n) is 6.43. The minimum Gasteiger partial charge on any atom is -0.481 e. The molecule has 4 heteroatoms. The van der Waals surface area contributed by atoms with Crippen molar-refractivity contribution in [3.63, 3.8) is 0 Å². The number of allylic oxidation sites excluding steroid dienone is 2. The van der Waals surface area contributed by atoms with Gasteiger partial charge in [-0.05, 0) is 37.5 Å². The van der Waals surface area contributed by atoms with Crippen molar-refractivity contribution >= 4 is 11.9 Å². The van der Waals surface area contributed by atoms with Crippen LogP contribution in [0.5, 0.6) is 0 Å². The normalized spacial score (nSPS) is 37.3. The average Bonchev–Trinajstić information content (AvgIpc) is 2.91. The molecule has 5 atom stereocenters. The van der Waals surface area contributed by atoms with Crippen LogP contribution in [0.15, 0.2) is 12.2 Å². The Bertz CT molecular complexity index is 427. The Balaban J connectivity index is 1.64. The van der Waals surface area contributed by atoms with E-state index in [1.54, 1.807) is 0 Å². The maximum absolute atomic E-state index is 12.4. The zero-order valence-electron chi connectivity index (χ0n) is 11.2. The van der Waals surface area contributed by atoms with Crippen molar-refractivity contribution in [2.45, 2.75) is 38.6 Å². The van der Waals surface area contributed by atoms with Gasteiger partial charge < -0.3 is 10.4 Å². The van der Waals surface area contributed by atoms with E-state index >= 15 is 0 Å². The molecule has 2 saturated carbocycles. The van der Waals surface area contributed by atoms with Gasteiger partial charge in [-0.1, -0.05) is 25.0 Å². The third-order valence-corrected chi connectivity index (χ3v) is 4.82. The fraction of sp³-hybridized carbons (Fsp3) is 0.733. The first-order valence-corrected chi connectivity index (χ1v) is 7.27. The summed E-state index contributed by atoms with van der Waals surface area (Å²) >= 11 is 0. The number of aliphatic carboxylic acids is 1. The van der Waals surface area contributed by atoms with E-state index in [0.29, 0.717) is 0 Å². The second-order valence-corrected chi connectivity index (χ2v) is 6.43. The number of nitrogens with one attached hydrogen (secondary N) is 1. The van der Waals surface area contributed by atoms with Gasteiger partial charge in [-0.3, -0.25) is 9.59 Å².